The van der Waals surface area contributed by atoms with E-state index in [0.717, 1.165) is 23.7 Å². The van der Waals surface area contributed by atoms with Gasteiger partial charge in [-0.15, -0.1) is 0 Å². The molecular formula is C41H62O2. The monoisotopic (exact) mass is 586 g/mol. The number of ether oxygens (including phenoxy) is 1. The number of fused-ring (bicyclic) bond motifs is 7. The Hall–Kier alpha value is -1.83. The highest BCUT2D eigenvalue weighted by molar-refractivity contribution is 5.89. The molecule has 0 radical (unpaired) electrons. The molecule has 43 heavy (non-hydrogen) atoms. The standard InChI is InChI=1S/C39H56O2.C2H6/c1-10-39-22-19-31-35(4,5)29(26-11-13-27(14-12-26)34(40)41-9)18-21-37(31,7)32(39)16-15-30-33-28(25(2)3)17-20-36(33,6)23-24-38(30,39)8;1-2/h11-14,18,28,30-33H,2,10,15-17,19-24H2,1,3-9H3;1-2H3/t28-,30+,31-,32+,33+,36?,37-,38+,39+;/m0./s1. The number of rotatable bonds is 4. The number of allylic oxidation sites excluding steroid dienone is 3. The molecule has 0 amide bonds. The average molecular weight is 587 g/mol. The fraction of sp³-hybridized carbons (Fsp3) is 0.732. The summed E-state index contributed by atoms with van der Waals surface area (Å²) in [5.74, 6) is 3.60. The van der Waals surface area contributed by atoms with Crippen molar-refractivity contribution in [2.45, 2.75) is 127 Å². The fourth-order valence-corrected chi connectivity index (χ4v) is 13.0. The number of carbonyl (C=O) groups excluding carboxylic acids is 1. The number of benzene rings is 1. The number of esters is 1. The molecule has 0 saturated heterocycles. The van der Waals surface area contributed by atoms with Gasteiger partial charge in [0.25, 0.3) is 0 Å². The van der Waals surface area contributed by atoms with Crippen LogP contribution in [0.1, 0.15) is 142 Å². The Kier molecular flexibility index (Phi) is 8.48. The van der Waals surface area contributed by atoms with Crippen molar-refractivity contribution in [1.82, 2.24) is 0 Å². The molecule has 2 nitrogen and oxygen atoms in total. The summed E-state index contributed by atoms with van der Waals surface area (Å²) < 4.78 is 4.95. The van der Waals surface area contributed by atoms with Crippen LogP contribution in [-0.4, -0.2) is 13.1 Å². The molecule has 1 aromatic carbocycles. The molecule has 0 aromatic heterocycles. The second-order valence-electron chi connectivity index (χ2n) is 16.5. The van der Waals surface area contributed by atoms with Crippen molar-refractivity contribution < 1.29 is 9.53 Å². The van der Waals surface area contributed by atoms with E-state index < -0.39 is 0 Å². The van der Waals surface area contributed by atoms with Crippen LogP contribution in [0.2, 0.25) is 0 Å². The Morgan fingerprint density at radius 1 is 0.907 bits per heavy atom. The van der Waals surface area contributed by atoms with E-state index in [1.807, 2.05) is 26.0 Å². The lowest BCUT2D eigenvalue weighted by Crippen LogP contribution is -2.66. The van der Waals surface area contributed by atoms with Gasteiger partial charge in [-0.25, -0.2) is 4.79 Å². The molecular weight excluding hydrogens is 524 g/mol. The first-order valence-electron chi connectivity index (χ1n) is 17.8. The van der Waals surface area contributed by atoms with Gasteiger partial charge in [-0.3, -0.25) is 0 Å². The summed E-state index contributed by atoms with van der Waals surface area (Å²) in [5.41, 5.74) is 6.64. The lowest BCUT2D eigenvalue weighted by Gasteiger charge is -2.73. The molecule has 0 bridgehead atoms. The van der Waals surface area contributed by atoms with Crippen molar-refractivity contribution in [2.75, 3.05) is 7.11 Å². The van der Waals surface area contributed by atoms with Crippen LogP contribution in [0.5, 0.6) is 0 Å². The minimum atomic E-state index is -0.261. The summed E-state index contributed by atoms with van der Waals surface area (Å²) in [5, 5.41) is 0. The van der Waals surface area contributed by atoms with Gasteiger partial charge in [0, 0.05) is 0 Å². The maximum atomic E-state index is 12.1. The summed E-state index contributed by atoms with van der Waals surface area (Å²) in [6, 6.07) is 8.17. The zero-order valence-electron chi connectivity index (χ0n) is 29.4. The lowest BCUT2D eigenvalue weighted by atomic mass is 9.31. The van der Waals surface area contributed by atoms with Gasteiger partial charge in [-0.05, 0) is 151 Å². The molecule has 6 rings (SSSR count). The Morgan fingerprint density at radius 2 is 1.58 bits per heavy atom. The van der Waals surface area contributed by atoms with Crippen molar-refractivity contribution >= 4 is 11.5 Å². The van der Waals surface area contributed by atoms with Crippen molar-refractivity contribution in [3.8, 4) is 0 Å². The normalized spacial score (nSPS) is 42.6. The minimum Gasteiger partial charge on any atom is -0.465 e. The van der Waals surface area contributed by atoms with Gasteiger partial charge in [0.2, 0.25) is 0 Å². The lowest BCUT2D eigenvalue weighted by molar-refractivity contribution is -0.233. The van der Waals surface area contributed by atoms with Crippen LogP contribution < -0.4 is 0 Å². The third kappa shape index (κ3) is 4.49. The van der Waals surface area contributed by atoms with Crippen molar-refractivity contribution in [3.63, 3.8) is 0 Å². The second kappa shape index (κ2) is 11.2. The molecule has 1 aromatic rings. The molecule has 0 spiro atoms. The molecule has 5 aliphatic rings. The van der Waals surface area contributed by atoms with Crippen LogP contribution in [0, 0.1) is 56.7 Å². The summed E-state index contributed by atoms with van der Waals surface area (Å²) in [6.07, 6.45) is 16.3. The molecule has 4 fully saturated rings. The Balaban J connectivity index is 0.00000180. The van der Waals surface area contributed by atoms with Crippen LogP contribution in [0.25, 0.3) is 5.57 Å². The number of hydrogen-bond acceptors (Lipinski definition) is 2. The summed E-state index contributed by atoms with van der Waals surface area (Å²) in [7, 11) is 1.45. The molecule has 0 aliphatic heterocycles. The van der Waals surface area contributed by atoms with Crippen molar-refractivity contribution in [2.24, 2.45) is 56.7 Å². The molecule has 9 atom stereocenters. The van der Waals surface area contributed by atoms with Gasteiger partial charge in [-0.2, -0.15) is 0 Å². The first kappa shape index (κ1) is 32.6. The predicted molar refractivity (Wildman–Crippen MR) is 182 cm³/mol. The highest BCUT2D eigenvalue weighted by atomic mass is 16.5. The van der Waals surface area contributed by atoms with Gasteiger partial charge in [0.05, 0.1) is 12.7 Å². The maximum Gasteiger partial charge on any atom is 0.337 e. The molecule has 4 saturated carbocycles. The van der Waals surface area contributed by atoms with Crippen LogP contribution in [0.3, 0.4) is 0 Å². The number of carbonyl (C=O) groups is 1. The van der Waals surface area contributed by atoms with E-state index in [1.165, 1.54) is 88.0 Å². The predicted octanol–water partition coefficient (Wildman–Crippen LogP) is 11.6. The number of methoxy groups -OCH3 is 1. The number of hydrogen-bond donors (Lipinski definition) is 0. The molecule has 1 unspecified atom stereocenters. The fourth-order valence-electron chi connectivity index (χ4n) is 13.0. The molecule has 2 heteroatoms. The highest BCUT2D eigenvalue weighted by Crippen LogP contribution is 2.78. The van der Waals surface area contributed by atoms with E-state index in [0.29, 0.717) is 33.1 Å². The largest absolute Gasteiger partial charge is 0.465 e. The van der Waals surface area contributed by atoms with Gasteiger partial charge in [0.15, 0.2) is 0 Å². The van der Waals surface area contributed by atoms with E-state index in [2.05, 4.69) is 73.3 Å². The molecule has 0 heterocycles. The average Bonchev–Trinajstić information content (AvgIpc) is 3.35. The van der Waals surface area contributed by atoms with E-state index in [1.54, 1.807) is 0 Å². The van der Waals surface area contributed by atoms with Crippen LogP contribution in [-0.2, 0) is 4.74 Å². The first-order valence-corrected chi connectivity index (χ1v) is 17.8. The SMILES string of the molecule is C=C(C)[C@@H]1CCC2(C)CC[C@]3(C)[C@H](CC[C@@H]4[C@@]5(C)CC=C(c6ccc(C(=O)OC)cc6)C(C)(C)[C@@H]5CC[C@]43CC)[C@@H]12.CC. The van der Waals surface area contributed by atoms with Crippen molar-refractivity contribution in [3.05, 3.63) is 53.6 Å². The highest BCUT2D eigenvalue weighted by Gasteiger charge is 2.70. The Bertz CT molecular complexity index is 1250. The molecule has 5 aliphatic carbocycles. The quantitative estimate of drug-likeness (QED) is 0.259. The zero-order chi connectivity index (χ0) is 31.6. The molecule has 0 N–H and O–H groups in total. The van der Waals surface area contributed by atoms with E-state index in [4.69, 9.17) is 4.74 Å². The van der Waals surface area contributed by atoms with Crippen LogP contribution in [0.4, 0.5) is 0 Å². The molecule has 238 valence electrons. The van der Waals surface area contributed by atoms with Crippen LogP contribution in [0.15, 0.2) is 42.5 Å². The summed E-state index contributed by atoms with van der Waals surface area (Å²) >= 11 is 0. The van der Waals surface area contributed by atoms with Gasteiger partial charge < -0.3 is 4.74 Å². The minimum absolute atomic E-state index is 0.0963. The summed E-state index contributed by atoms with van der Waals surface area (Å²) in [6.45, 7) is 26.6. The third-order valence-corrected chi connectivity index (χ3v) is 15.0. The van der Waals surface area contributed by atoms with Crippen LogP contribution >= 0.6 is 0 Å². The van der Waals surface area contributed by atoms with E-state index in [-0.39, 0.29) is 11.4 Å². The first-order chi connectivity index (χ1) is 20.3. The van der Waals surface area contributed by atoms with E-state index >= 15 is 0 Å². The Labute approximate surface area is 264 Å². The van der Waals surface area contributed by atoms with Gasteiger partial charge >= 0.3 is 5.97 Å². The van der Waals surface area contributed by atoms with E-state index in [9.17, 15) is 4.79 Å². The summed E-state index contributed by atoms with van der Waals surface area (Å²) in [4.78, 5) is 12.1. The van der Waals surface area contributed by atoms with Crippen molar-refractivity contribution in [1.29, 1.82) is 0 Å². The van der Waals surface area contributed by atoms with Gasteiger partial charge in [0.1, 0.15) is 0 Å². The Morgan fingerprint density at radius 3 is 2.19 bits per heavy atom. The van der Waals surface area contributed by atoms with Gasteiger partial charge in [-0.1, -0.05) is 85.8 Å². The maximum absolute atomic E-state index is 12.1. The third-order valence-electron chi connectivity index (χ3n) is 15.0. The second-order valence-corrected chi connectivity index (χ2v) is 16.5. The smallest absolute Gasteiger partial charge is 0.337 e. The topological polar surface area (TPSA) is 26.3 Å². The zero-order valence-corrected chi connectivity index (χ0v) is 29.4.